The van der Waals surface area contributed by atoms with Crippen LogP contribution in [-0.2, 0) is 4.79 Å². The van der Waals surface area contributed by atoms with E-state index in [0.717, 1.165) is 19.5 Å². The standard InChI is InChI=1S/C14H29N3O/c1-6-15-14(18)13-7-12(16-11(4)5)9-17(13)8-10(2)3/h10-13,16H,6-9H2,1-5H3,(H,15,18)/t12-,13-/m0/s1. The third-order valence-corrected chi connectivity index (χ3v) is 3.23. The van der Waals surface area contributed by atoms with Gasteiger partial charge in [0.2, 0.25) is 5.91 Å². The minimum absolute atomic E-state index is 0.0450. The lowest BCUT2D eigenvalue weighted by atomic mass is 10.1. The van der Waals surface area contributed by atoms with E-state index in [1.807, 2.05) is 6.92 Å². The van der Waals surface area contributed by atoms with Crippen LogP contribution in [0.5, 0.6) is 0 Å². The molecule has 18 heavy (non-hydrogen) atoms. The Kier molecular flexibility index (Phi) is 6.09. The summed E-state index contributed by atoms with van der Waals surface area (Å²) in [7, 11) is 0. The van der Waals surface area contributed by atoms with Crippen molar-refractivity contribution in [2.24, 2.45) is 5.92 Å². The van der Waals surface area contributed by atoms with E-state index in [1.54, 1.807) is 0 Å². The highest BCUT2D eigenvalue weighted by Gasteiger charge is 2.36. The van der Waals surface area contributed by atoms with Gasteiger partial charge in [-0.3, -0.25) is 9.69 Å². The summed E-state index contributed by atoms with van der Waals surface area (Å²) in [5, 5.41) is 6.51. The van der Waals surface area contributed by atoms with Crippen LogP contribution in [0.1, 0.15) is 41.0 Å². The van der Waals surface area contributed by atoms with Gasteiger partial charge < -0.3 is 10.6 Å². The summed E-state index contributed by atoms with van der Waals surface area (Å²) in [6, 6.07) is 0.962. The van der Waals surface area contributed by atoms with Crippen LogP contribution in [0, 0.1) is 5.92 Å². The van der Waals surface area contributed by atoms with Gasteiger partial charge in [0.05, 0.1) is 6.04 Å². The minimum Gasteiger partial charge on any atom is -0.355 e. The van der Waals surface area contributed by atoms with Crippen LogP contribution in [0.4, 0.5) is 0 Å². The largest absolute Gasteiger partial charge is 0.355 e. The second kappa shape index (κ2) is 7.10. The number of hydrogen-bond acceptors (Lipinski definition) is 3. The highest BCUT2D eigenvalue weighted by Crippen LogP contribution is 2.20. The second-order valence-electron chi connectivity index (χ2n) is 6.01. The van der Waals surface area contributed by atoms with Crippen molar-refractivity contribution in [3.05, 3.63) is 0 Å². The van der Waals surface area contributed by atoms with Crippen LogP contribution < -0.4 is 10.6 Å². The van der Waals surface area contributed by atoms with Gasteiger partial charge in [0.1, 0.15) is 0 Å². The summed E-state index contributed by atoms with van der Waals surface area (Å²) >= 11 is 0. The topological polar surface area (TPSA) is 44.4 Å². The van der Waals surface area contributed by atoms with Gasteiger partial charge in [0.25, 0.3) is 0 Å². The Morgan fingerprint density at radius 3 is 2.50 bits per heavy atom. The molecule has 0 aromatic carbocycles. The normalized spacial score (nSPS) is 25.1. The maximum absolute atomic E-state index is 12.1. The van der Waals surface area contributed by atoms with Gasteiger partial charge in [-0.1, -0.05) is 27.7 Å². The summed E-state index contributed by atoms with van der Waals surface area (Å²) in [5.41, 5.74) is 0. The van der Waals surface area contributed by atoms with Crippen molar-refractivity contribution < 1.29 is 4.79 Å². The molecular formula is C14H29N3O. The molecular weight excluding hydrogens is 226 g/mol. The van der Waals surface area contributed by atoms with E-state index in [-0.39, 0.29) is 11.9 Å². The molecule has 1 rings (SSSR count). The van der Waals surface area contributed by atoms with Crippen LogP contribution in [0.15, 0.2) is 0 Å². The number of likely N-dealkylation sites (N-methyl/N-ethyl adjacent to an activating group) is 1. The van der Waals surface area contributed by atoms with Crippen molar-refractivity contribution in [2.45, 2.75) is 59.2 Å². The number of carbonyl (C=O) groups is 1. The molecule has 0 aromatic rings. The molecule has 0 bridgehead atoms. The lowest BCUT2D eigenvalue weighted by Gasteiger charge is -2.25. The fraction of sp³-hybridized carbons (Fsp3) is 0.929. The molecule has 1 fully saturated rings. The van der Waals surface area contributed by atoms with E-state index in [9.17, 15) is 4.79 Å². The minimum atomic E-state index is 0.0450. The van der Waals surface area contributed by atoms with Crippen molar-refractivity contribution >= 4 is 5.91 Å². The Morgan fingerprint density at radius 1 is 1.33 bits per heavy atom. The van der Waals surface area contributed by atoms with Gasteiger partial charge >= 0.3 is 0 Å². The van der Waals surface area contributed by atoms with Crippen molar-refractivity contribution in [2.75, 3.05) is 19.6 Å². The first-order chi connectivity index (χ1) is 8.43. The molecule has 2 N–H and O–H groups in total. The first kappa shape index (κ1) is 15.4. The first-order valence-electron chi connectivity index (χ1n) is 7.21. The third kappa shape index (κ3) is 4.58. The average Bonchev–Trinajstić information content (AvgIpc) is 2.59. The predicted octanol–water partition coefficient (Wildman–Crippen LogP) is 1.22. The van der Waals surface area contributed by atoms with Crippen LogP contribution in [0.25, 0.3) is 0 Å². The number of hydrogen-bond donors (Lipinski definition) is 2. The molecule has 2 atom stereocenters. The molecule has 1 heterocycles. The van der Waals surface area contributed by atoms with Crippen LogP contribution >= 0.6 is 0 Å². The molecule has 106 valence electrons. The van der Waals surface area contributed by atoms with Gasteiger partial charge in [0, 0.05) is 31.7 Å². The van der Waals surface area contributed by atoms with Crippen LogP contribution in [0.3, 0.4) is 0 Å². The predicted molar refractivity (Wildman–Crippen MR) is 75.6 cm³/mol. The van der Waals surface area contributed by atoms with Crippen molar-refractivity contribution in [1.82, 2.24) is 15.5 Å². The van der Waals surface area contributed by atoms with E-state index in [2.05, 4.69) is 43.2 Å². The Morgan fingerprint density at radius 2 is 2.00 bits per heavy atom. The summed E-state index contributed by atoms with van der Waals surface area (Å²) < 4.78 is 0. The van der Waals surface area contributed by atoms with Crippen molar-refractivity contribution in [3.8, 4) is 0 Å². The number of carbonyl (C=O) groups excluding carboxylic acids is 1. The maximum atomic E-state index is 12.1. The molecule has 4 heteroatoms. The Hall–Kier alpha value is -0.610. The lowest BCUT2D eigenvalue weighted by molar-refractivity contribution is -0.125. The first-order valence-corrected chi connectivity index (χ1v) is 7.21. The molecule has 0 spiro atoms. The molecule has 1 amide bonds. The molecule has 1 aliphatic rings. The van der Waals surface area contributed by atoms with Gasteiger partial charge in [-0.2, -0.15) is 0 Å². The molecule has 4 nitrogen and oxygen atoms in total. The molecule has 1 saturated heterocycles. The molecule has 0 aromatic heterocycles. The fourth-order valence-corrected chi connectivity index (χ4v) is 2.73. The molecule has 1 aliphatic heterocycles. The van der Waals surface area contributed by atoms with Crippen molar-refractivity contribution in [3.63, 3.8) is 0 Å². The summed E-state index contributed by atoms with van der Waals surface area (Å²) in [5.74, 6) is 0.783. The smallest absolute Gasteiger partial charge is 0.237 e. The number of nitrogens with zero attached hydrogens (tertiary/aromatic N) is 1. The fourth-order valence-electron chi connectivity index (χ4n) is 2.73. The Bertz CT molecular complexity index is 266. The van der Waals surface area contributed by atoms with Crippen LogP contribution in [-0.4, -0.2) is 48.6 Å². The summed E-state index contributed by atoms with van der Waals surface area (Å²) in [4.78, 5) is 14.4. The molecule has 0 radical (unpaired) electrons. The van der Waals surface area contributed by atoms with Gasteiger partial charge in [-0.15, -0.1) is 0 Å². The molecule has 0 saturated carbocycles. The van der Waals surface area contributed by atoms with Gasteiger partial charge in [-0.05, 0) is 19.3 Å². The third-order valence-electron chi connectivity index (χ3n) is 3.23. The monoisotopic (exact) mass is 255 g/mol. The second-order valence-corrected chi connectivity index (χ2v) is 6.01. The van der Waals surface area contributed by atoms with Gasteiger partial charge in [0.15, 0.2) is 0 Å². The Balaban J connectivity index is 2.62. The quantitative estimate of drug-likeness (QED) is 0.750. The highest BCUT2D eigenvalue weighted by molar-refractivity contribution is 5.82. The summed E-state index contributed by atoms with van der Waals surface area (Å²) in [6.45, 7) is 13.4. The van der Waals surface area contributed by atoms with Crippen molar-refractivity contribution in [1.29, 1.82) is 0 Å². The van der Waals surface area contributed by atoms with E-state index in [4.69, 9.17) is 0 Å². The zero-order valence-electron chi connectivity index (χ0n) is 12.5. The van der Waals surface area contributed by atoms with Crippen LogP contribution in [0.2, 0.25) is 0 Å². The van der Waals surface area contributed by atoms with E-state index in [1.165, 1.54) is 0 Å². The number of amides is 1. The number of likely N-dealkylation sites (tertiary alicyclic amines) is 1. The lowest BCUT2D eigenvalue weighted by Crippen LogP contribution is -2.44. The number of nitrogens with one attached hydrogen (secondary N) is 2. The average molecular weight is 255 g/mol. The van der Waals surface area contributed by atoms with Gasteiger partial charge in [-0.25, -0.2) is 0 Å². The number of rotatable bonds is 6. The highest BCUT2D eigenvalue weighted by atomic mass is 16.2. The zero-order chi connectivity index (χ0) is 13.7. The summed E-state index contributed by atoms with van der Waals surface area (Å²) in [6.07, 6.45) is 0.927. The van der Waals surface area contributed by atoms with E-state index in [0.29, 0.717) is 24.5 Å². The molecule has 0 unspecified atom stereocenters. The molecule has 0 aliphatic carbocycles. The van der Waals surface area contributed by atoms with E-state index < -0.39 is 0 Å². The Labute approximate surface area is 111 Å². The SMILES string of the molecule is CCNC(=O)[C@@H]1C[C@H](NC(C)C)CN1CC(C)C. The maximum Gasteiger partial charge on any atom is 0.237 e. The zero-order valence-corrected chi connectivity index (χ0v) is 12.5. The van der Waals surface area contributed by atoms with E-state index >= 15 is 0 Å².